The quantitative estimate of drug-likeness (QED) is 0.764. The van der Waals surface area contributed by atoms with E-state index in [1.807, 2.05) is 50.2 Å². The van der Waals surface area contributed by atoms with E-state index in [9.17, 15) is 4.79 Å². The zero-order valence-corrected chi connectivity index (χ0v) is 17.0. The summed E-state index contributed by atoms with van der Waals surface area (Å²) in [6.45, 7) is 4.35. The number of hydrogen-bond donors (Lipinski definition) is 1. The van der Waals surface area contributed by atoms with Gasteiger partial charge in [0.25, 0.3) is 0 Å². The maximum atomic E-state index is 13.1. The fraction of sp³-hybridized carbons (Fsp3) is 0.350. The van der Waals surface area contributed by atoms with E-state index in [1.165, 1.54) is 0 Å². The molecule has 2 bridgehead atoms. The van der Waals surface area contributed by atoms with Crippen molar-refractivity contribution in [1.82, 2.24) is 5.32 Å². The molecule has 4 rings (SSSR count). The van der Waals surface area contributed by atoms with Crippen molar-refractivity contribution in [3.05, 3.63) is 46.4 Å². The fourth-order valence-corrected chi connectivity index (χ4v) is 4.29. The van der Waals surface area contributed by atoms with Gasteiger partial charge in [-0.1, -0.05) is 28.1 Å². The number of ether oxygens (including phenoxy) is 3. The molecule has 2 heterocycles. The number of benzene rings is 2. The Kier molecular flexibility index (Phi) is 4.42. The molecule has 2 aromatic rings. The Balaban J connectivity index is 1.83. The number of rotatable bonds is 4. The number of carbonyl (C=O) groups excluding carboxylic acids is 1. The molecular weight excluding hydrogens is 412 g/mol. The van der Waals surface area contributed by atoms with Crippen LogP contribution in [0.3, 0.4) is 0 Å². The number of hydrogen-bond acceptors (Lipinski definition) is 4. The lowest BCUT2D eigenvalue weighted by Gasteiger charge is -2.50. The molecule has 0 spiro atoms. The molecule has 2 aromatic carbocycles. The zero-order chi connectivity index (χ0) is 19.2. The largest absolute Gasteiger partial charge is 0.493 e. The van der Waals surface area contributed by atoms with Crippen molar-refractivity contribution in [3.8, 4) is 17.2 Å². The van der Waals surface area contributed by atoms with Crippen molar-refractivity contribution in [2.75, 3.05) is 18.6 Å². The molecule has 2 atom stereocenters. The van der Waals surface area contributed by atoms with Gasteiger partial charge in [0.15, 0.2) is 17.2 Å². The average Bonchev–Trinajstić information content (AvgIpc) is 2.63. The van der Waals surface area contributed by atoms with Gasteiger partial charge in [-0.25, -0.2) is 4.79 Å². The molecule has 27 heavy (non-hydrogen) atoms. The van der Waals surface area contributed by atoms with E-state index in [4.69, 9.17) is 14.2 Å². The highest BCUT2D eigenvalue weighted by molar-refractivity contribution is 9.10. The average molecular weight is 433 g/mol. The lowest BCUT2D eigenvalue weighted by atomic mass is 9.90. The molecule has 2 aliphatic rings. The third-order valence-corrected chi connectivity index (χ3v) is 5.39. The smallest absolute Gasteiger partial charge is 0.325 e. The third-order valence-electron chi connectivity index (χ3n) is 4.93. The van der Waals surface area contributed by atoms with Crippen LogP contribution in [0.4, 0.5) is 10.5 Å². The van der Waals surface area contributed by atoms with Crippen molar-refractivity contribution in [2.24, 2.45) is 0 Å². The zero-order valence-electron chi connectivity index (χ0n) is 15.4. The van der Waals surface area contributed by atoms with Gasteiger partial charge in [0.2, 0.25) is 0 Å². The van der Waals surface area contributed by atoms with Gasteiger partial charge in [-0.15, -0.1) is 0 Å². The summed E-state index contributed by atoms with van der Waals surface area (Å²) in [5.74, 6) is 1.93. The SMILES string of the molecule is CCOc1ccccc1N1C(=O)N[C@@H]2C[C@@]1(C)Oc1c(OC)cc(Br)cc12. The number of urea groups is 1. The number of methoxy groups -OCH3 is 1. The number of nitrogens with one attached hydrogen (secondary N) is 1. The predicted octanol–water partition coefficient (Wildman–Crippen LogP) is 4.63. The first-order valence-electron chi connectivity index (χ1n) is 8.86. The topological polar surface area (TPSA) is 60.0 Å². The van der Waals surface area contributed by atoms with E-state index < -0.39 is 5.72 Å². The second-order valence-electron chi connectivity index (χ2n) is 6.75. The first-order valence-corrected chi connectivity index (χ1v) is 9.65. The van der Waals surface area contributed by atoms with Crippen LogP contribution in [0.25, 0.3) is 0 Å². The molecule has 2 aliphatic heterocycles. The molecule has 0 saturated carbocycles. The number of amides is 2. The molecule has 6 nitrogen and oxygen atoms in total. The van der Waals surface area contributed by atoms with Crippen molar-refractivity contribution >= 4 is 27.6 Å². The molecule has 1 N–H and O–H groups in total. The van der Waals surface area contributed by atoms with Crippen LogP contribution in [0.1, 0.15) is 31.9 Å². The van der Waals surface area contributed by atoms with Gasteiger partial charge in [0, 0.05) is 16.5 Å². The molecular formula is C20H21BrN2O4. The molecule has 1 saturated heterocycles. The summed E-state index contributed by atoms with van der Waals surface area (Å²) in [5.41, 5.74) is 0.719. The minimum atomic E-state index is -0.867. The first kappa shape index (κ1) is 18.0. The van der Waals surface area contributed by atoms with Crippen LogP contribution in [-0.2, 0) is 0 Å². The summed E-state index contributed by atoms with van der Waals surface area (Å²) < 4.78 is 18.5. The van der Waals surface area contributed by atoms with Crippen LogP contribution < -0.4 is 24.4 Å². The fourth-order valence-electron chi connectivity index (χ4n) is 3.84. The molecule has 0 radical (unpaired) electrons. The second-order valence-corrected chi connectivity index (χ2v) is 7.66. The van der Waals surface area contributed by atoms with Gasteiger partial charge in [0.1, 0.15) is 5.75 Å². The predicted molar refractivity (Wildman–Crippen MR) is 106 cm³/mol. The third kappa shape index (κ3) is 2.90. The van der Waals surface area contributed by atoms with Crippen molar-refractivity contribution in [2.45, 2.75) is 32.0 Å². The van der Waals surface area contributed by atoms with E-state index >= 15 is 0 Å². The maximum absolute atomic E-state index is 13.1. The van der Waals surface area contributed by atoms with E-state index in [0.29, 0.717) is 36.0 Å². The van der Waals surface area contributed by atoms with E-state index in [2.05, 4.69) is 21.2 Å². The van der Waals surface area contributed by atoms with Crippen LogP contribution in [0.15, 0.2) is 40.9 Å². The summed E-state index contributed by atoms with van der Waals surface area (Å²) in [6.07, 6.45) is 0.603. The van der Waals surface area contributed by atoms with Crippen LogP contribution in [-0.4, -0.2) is 25.5 Å². The Morgan fingerprint density at radius 2 is 2.11 bits per heavy atom. The number of halogens is 1. The minimum Gasteiger partial charge on any atom is -0.493 e. The van der Waals surface area contributed by atoms with Crippen LogP contribution >= 0.6 is 15.9 Å². The standard InChI is InChI=1S/C20H21BrN2O4/c1-4-26-16-8-6-5-7-15(16)23-19(24)22-14-11-20(23,2)27-18-13(14)9-12(21)10-17(18)25-3/h5-10,14H,4,11H2,1-3H3,(H,22,24)/t14-,20-/m1/s1. The number of carbonyl (C=O) groups is 1. The Hall–Kier alpha value is -2.41. The first-order chi connectivity index (χ1) is 13.0. The summed E-state index contributed by atoms with van der Waals surface area (Å²) in [6, 6.07) is 11.0. The van der Waals surface area contributed by atoms with E-state index in [-0.39, 0.29) is 12.1 Å². The Morgan fingerprint density at radius 3 is 2.85 bits per heavy atom. The Morgan fingerprint density at radius 1 is 1.33 bits per heavy atom. The molecule has 0 unspecified atom stereocenters. The molecule has 2 amide bonds. The number of para-hydroxylation sites is 2. The highest BCUT2D eigenvalue weighted by Gasteiger charge is 2.51. The van der Waals surface area contributed by atoms with E-state index in [1.54, 1.807) is 12.0 Å². The van der Waals surface area contributed by atoms with Gasteiger partial charge >= 0.3 is 6.03 Å². The van der Waals surface area contributed by atoms with Crippen molar-refractivity contribution in [3.63, 3.8) is 0 Å². The lowest BCUT2D eigenvalue weighted by molar-refractivity contribution is 0.0345. The minimum absolute atomic E-state index is 0.159. The number of anilines is 1. The lowest BCUT2D eigenvalue weighted by Crippen LogP contribution is -2.65. The van der Waals surface area contributed by atoms with Gasteiger partial charge in [-0.05, 0) is 38.1 Å². The second kappa shape index (κ2) is 6.64. The monoisotopic (exact) mass is 432 g/mol. The van der Waals surface area contributed by atoms with Gasteiger partial charge in [-0.3, -0.25) is 4.90 Å². The summed E-state index contributed by atoms with van der Waals surface area (Å²) >= 11 is 3.50. The highest BCUT2D eigenvalue weighted by atomic mass is 79.9. The Bertz CT molecular complexity index is 904. The summed E-state index contributed by atoms with van der Waals surface area (Å²) in [7, 11) is 1.61. The maximum Gasteiger partial charge on any atom is 0.325 e. The number of nitrogens with zero attached hydrogens (tertiary/aromatic N) is 1. The van der Waals surface area contributed by atoms with Gasteiger partial charge < -0.3 is 19.5 Å². The molecule has 0 aliphatic carbocycles. The van der Waals surface area contributed by atoms with Crippen molar-refractivity contribution in [1.29, 1.82) is 0 Å². The summed E-state index contributed by atoms with van der Waals surface area (Å²) in [5, 5.41) is 3.10. The van der Waals surface area contributed by atoms with Crippen LogP contribution in [0.2, 0.25) is 0 Å². The van der Waals surface area contributed by atoms with E-state index in [0.717, 1.165) is 10.0 Å². The summed E-state index contributed by atoms with van der Waals surface area (Å²) in [4.78, 5) is 14.7. The number of fused-ring (bicyclic) bond motifs is 4. The van der Waals surface area contributed by atoms with Gasteiger partial charge in [-0.2, -0.15) is 0 Å². The molecule has 7 heteroatoms. The molecule has 142 valence electrons. The Labute approximate surface area is 166 Å². The molecule has 1 fully saturated rings. The van der Waals surface area contributed by atoms with Gasteiger partial charge in [0.05, 0.1) is 25.4 Å². The highest BCUT2D eigenvalue weighted by Crippen LogP contribution is 2.51. The van der Waals surface area contributed by atoms with Crippen LogP contribution in [0.5, 0.6) is 17.2 Å². The normalized spacial score (nSPS) is 23.2. The van der Waals surface area contributed by atoms with Crippen LogP contribution in [0, 0.1) is 0 Å². The molecule has 0 aromatic heterocycles. The van der Waals surface area contributed by atoms with Crippen molar-refractivity contribution < 1.29 is 19.0 Å².